The first-order valence-corrected chi connectivity index (χ1v) is 17.8. The van der Waals surface area contributed by atoms with E-state index in [-0.39, 0.29) is 43.7 Å². The number of anilines is 1. The fourth-order valence-electron chi connectivity index (χ4n) is 8.74. The van der Waals surface area contributed by atoms with Gasteiger partial charge in [0.25, 0.3) is 11.8 Å². The number of aromatic nitrogens is 1. The molecule has 53 heavy (non-hydrogen) atoms. The van der Waals surface area contributed by atoms with E-state index in [0.717, 1.165) is 5.01 Å². The van der Waals surface area contributed by atoms with Gasteiger partial charge in [0, 0.05) is 22.7 Å². The number of carbonyl (C=O) groups is 4. The number of pyridine rings is 1. The molecule has 3 aromatic rings. The Kier molecular flexibility index (Phi) is 9.14. The fraction of sp³-hybridized carbons (Fsp3) is 0.395. The fourth-order valence-corrected chi connectivity index (χ4v) is 9.07. The number of hydrogen-bond acceptors (Lipinski definition) is 8. The van der Waals surface area contributed by atoms with Crippen LogP contribution in [0, 0.1) is 23.7 Å². The maximum Gasteiger partial charge on any atom is 0.417 e. The second kappa shape index (κ2) is 13.1. The van der Waals surface area contributed by atoms with Crippen LogP contribution in [-0.4, -0.2) is 62.4 Å². The molecule has 1 aromatic heterocycles. The molecule has 1 saturated carbocycles. The van der Waals surface area contributed by atoms with Gasteiger partial charge in [-0.1, -0.05) is 59.1 Å². The number of aliphatic hydroxyl groups is 1. The van der Waals surface area contributed by atoms with E-state index in [9.17, 15) is 32.7 Å². The average Bonchev–Trinajstić information content (AvgIpc) is 3.49. The molecule has 7 rings (SSSR count). The predicted molar refractivity (Wildman–Crippen MR) is 188 cm³/mol. The molecule has 15 heteroatoms. The van der Waals surface area contributed by atoms with Gasteiger partial charge in [0.1, 0.15) is 12.4 Å². The average molecular weight is 772 g/mol. The third kappa shape index (κ3) is 5.88. The van der Waals surface area contributed by atoms with Crippen molar-refractivity contribution in [2.75, 3.05) is 18.6 Å². The number of ether oxygens (including phenoxy) is 1. The summed E-state index contributed by atoms with van der Waals surface area (Å²) in [6.07, 6.45) is -2.03. The molecule has 4 aliphatic rings. The number of imide groups is 2. The van der Waals surface area contributed by atoms with Crippen LogP contribution in [0.1, 0.15) is 56.2 Å². The van der Waals surface area contributed by atoms with Crippen molar-refractivity contribution in [3.8, 4) is 5.75 Å². The first-order valence-electron chi connectivity index (χ1n) is 17.1. The summed E-state index contributed by atoms with van der Waals surface area (Å²) in [6, 6.07) is 14.1. The zero-order valence-electron chi connectivity index (χ0n) is 28.8. The molecule has 2 aliphatic carbocycles. The highest BCUT2D eigenvalue weighted by Gasteiger charge is 2.70. The lowest BCUT2D eigenvalue weighted by Crippen LogP contribution is -2.53. The van der Waals surface area contributed by atoms with Crippen molar-refractivity contribution in [3.63, 3.8) is 0 Å². The largest absolute Gasteiger partial charge is 0.491 e. The molecule has 2 aliphatic heterocycles. The maximum absolute atomic E-state index is 15.2. The van der Waals surface area contributed by atoms with Crippen LogP contribution in [0.3, 0.4) is 0 Å². The second-order valence-electron chi connectivity index (χ2n) is 14.7. The minimum atomic E-state index is -4.74. The summed E-state index contributed by atoms with van der Waals surface area (Å²) < 4.78 is 45.9. The lowest BCUT2D eigenvalue weighted by atomic mass is 9.49. The number of likely N-dealkylation sites (tertiary alicyclic amines) is 1. The summed E-state index contributed by atoms with van der Waals surface area (Å²) in [5, 5.41) is 9.95. The molecule has 10 nitrogen and oxygen atoms in total. The number of alkyl halides is 3. The Bertz CT molecular complexity index is 2030. The van der Waals surface area contributed by atoms with Gasteiger partial charge in [-0.3, -0.25) is 29.5 Å². The zero-order chi connectivity index (χ0) is 38.2. The first-order chi connectivity index (χ1) is 25.0. The van der Waals surface area contributed by atoms with Gasteiger partial charge >= 0.3 is 6.18 Å². The van der Waals surface area contributed by atoms with Crippen molar-refractivity contribution in [1.82, 2.24) is 14.9 Å². The molecule has 3 fully saturated rings. The molecule has 2 N–H and O–H groups in total. The van der Waals surface area contributed by atoms with E-state index in [1.165, 1.54) is 4.90 Å². The van der Waals surface area contributed by atoms with Crippen LogP contribution >= 0.6 is 23.2 Å². The Balaban J connectivity index is 1.42. The van der Waals surface area contributed by atoms with Crippen LogP contribution in [-0.2, 0) is 30.8 Å². The molecule has 4 amide bonds. The molecule has 278 valence electrons. The number of benzene rings is 2. The van der Waals surface area contributed by atoms with E-state index in [1.54, 1.807) is 69.3 Å². The molecular weight excluding hydrogens is 736 g/mol. The number of nitrogens with zero attached hydrogens (tertiary/aromatic N) is 3. The number of nitrogens with one attached hydrogen (secondary N) is 1. The Hall–Kier alpha value is -4.46. The van der Waals surface area contributed by atoms with Gasteiger partial charge in [0.2, 0.25) is 11.8 Å². The monoisotopic (exact) mass is 770 g/mol. The van der Waals surface area contributed by atoms with Crippen molar-refractivity contribution in [2.24, 2.45) is 23.7 Å². The molecule has 0 spiro atoms. The number of rotatable bonds is 7. The van der Waals surface area contributed by atoms with E-state index >= 15 is 4.79 Å². The van der Waals surface area contributed by atoms with E-state index < -0.39 is 69.1 Å². The Morgan fingerprint density at radius 2 is 1.64 bits per heavy atom. The van der Waals surface area contributed by atoms with Gasteiger partial charge in [0.05, 0.1) is 40.4 Å². The normalized spacial score (nSPS) is 27.0. The Morgan fingerprint density at radius 1 is 0.962 bits per heavy atom. The van der Waals surface area contributed by atoms with Crippen LogP contribution in [0.4, 0.5) is 19.0 Å². The van der Waals surface area contributed by atoms with Crippen molar-refractivity contribution in [1.29, 1.82) is 0 Å². The highest BCUT2D eigenvalue weighted by Crippen LogP contribution is 2.64. The van der Waals surface area contributed by atoms with E-state index in [2.05, 4.69) is 10.4 Å². The quantitative estimate of drug-likeness (QED) is 0.204. The van der Waals surface area contributed by atoms with Crippen LogP contribution in [0.5, 0.6) is 5.75 Å². The number of hydrazine groups is 1. The number of allylic oxidation sites excluding steroid dienone is 2. The molecule has 0 bridgehead atoms. The maximum atomic E-state index is 15.2. The molecule has 2 saturated heterocycles. The highest BCUT2D eigenvalue weighted by molar-refractivity contribution is 6.33. The van der Waals surface area contributed by atoms with E-state index in [0.29, 0.717) is 39.7 Å². The van der Waals surface area contributed by atoms with Crippen molar-refractivity contribution in [3.05, 3.63) is 99.2 Å². The summed E-state index contributed by atoms with van der Waals surface area (Å²) in [4.78, 5) is 63.2. The Morgan fingerprint density at radius 3 is 2.25 bits per heavy atom. The highest BCUT2D eigenvalue weighted by atomic mass is 35.5. The van der Waals surface area contributed by atoms with Gasteiger partial charge in [-0.05, 0) is 81.0 Å². The zero-order valence-corrected chi connectivity index (χ0v) is 30.3. The van der Waals surface area contributed by atoms with Crippen molar-refractivity contribution in [2.45, 2.75) is 56.7 Å². The minimum Gasteiger partial charge on any atom is -0.491 e. The summed E-state index contributed by atoms with van der Waals surface area (Å²) in [7, 11) is 0. The van der Waals surface area contributed by atoms with E-state index in [4.69, 9.17) is 27.9 Å². The lowest BCUT2D eigenvalue weighted by molar-refractivity contribution is -0.146. The lowest BCUT2D eigenvalue weighted by Gasteiger charge is -2.50. The van der Waals surface area contributed by atoms with Gasteiger partial charge in [-0.15, -0.1) is 0 Å². The topological polar surface area (TPSA) is 129 Å². The van der Waals surface area contributed by atoms with Crippen molar-refractivity contribution >= 4 is 52.6 Å². The number of aliphatic hydroxyl groups excluding tert-OH is 1. The van der Waals surface area contributed by atoms with Gasteiger partial charge in [-0.2, -0.15) is 18.2 Å². The smallest absolute Gasteiger partial charge is 0.417 e. The molecule has 3 heterocycles. The van der Waals surface area contributed by atoms with Gasteiger partial charge in [-0.25, -0.2) is 4.98 Å². The van der Waals surface area contributed by atoms with Gasteiger partial charge in [0.15, 0.2) is 5.82 Å². The molecule has 6 atom stereocenters. The molecule has 0 unspecified atom stereocenters. The predicted octanol–water partition coefficient (Wildman–Crippen LogP) is 6.56. The number of fused-ring (bicyclic) bond motifs is 4. The summed E-state index contributed by atoms with van der Waals surface area (Å²) in [5.74, 6) is -6.04. The number of carbonyl (C=O) groups excluding carboxylic acids is 4. The van der Waals surface area contributed by atoms with Crippen LogP contribution in [0.2, 0.25) is 10.0 Å². The molecule has 2 aromatic carbocycles. The second-order valence-corrected chi connectivity index (χ2v) is 15.6. The molecular formula is C38H35Cl2F3N4O6. The van der Waals surface area contributed by atoms with Gasteiger partial charge < -0.3 is 9.84 Å². The third-order valence-electron chi connectivity index (χ3n) is 10.8. The van der Waals surface area contributed by atoms with Crippen LogP contribution in [0.15, 0.2) is 72.4 Å². The van der Waals surface area contributed by atoms with Crippen LogP contribution in [0.25, 0.3) is 0 Å². The summed E-state index contributed by atoms with van der Waals surface area (Å²) in [5.41, 5.74) is 0.815. The number of hydrogen-bond donors (Lipinski definition) is 2. The van der Waals surface area contributed by atoms with Crippen molar-refractivity contribution < 1.29 is 42.2 Å². The van der Waals surface area contributed by atoms with Crippen LogP contribution < -0.4 is 10.2 Å². The first kappa shape index (κ1) is 36.9. The summed E-state index contributed by atoms with van der Waals surface area (Å²) >= 11 is 12.6. The third-order valence-corrected chi connectivity index (χ3v) is 11.3. The Labute approximate surface area is 312 Å². The minimum absolute atomic E-state index is 0.0117. The number of halogens is 5. The number of amides is 4. The SMILES string of the molecule is CC(C)(C)N1C(=O)[C@H]2[C@H](CC=C3[C@H]2C[C@H]2C(=O)N(Nc4ncc(C(F)(F)F)cc4Cl)C(=O)[C@@]2(c2ccc(Cl)cc2)[C@H]3c2ccc(OCCO)cc2)C1=O. The standard InChI is InChI=1S/C38H35Cl2F3N4O6/c1-36(2,3)46-32(49)25-13-12-24-26(29(25)34(46)51)17-27-33(50)47(45-31-28(40)16-21(18-44-31)38(41,42)43)35(52)37(27,20-6-8-22(39)9-7-20)30(24)19-4-10-23(11-5-19)53-15-14-48/h4-12,16,18,25-27,29-30,48H,13-15,17H2,1-3H3,(H,44,45)/t25-,26+,27-,29-,30-,37+/m0/s1. The molecule has 0 radical (unpaired) electrons. The summed E-state index contributed by atoms with van der Waals surface area (Å²) in [6.45, 7) is 5.19. The van der Waals surface area contributed by atoms with E-state index in [1.807, 2.05) is 6.08 Å².